The highest BCUT2D eigenvalue weighted by Crippen LogP contribution is 2.26. The second-order valence-corrected chi connectivity index (χ2v) is 8.08. The van der Waals surface area contributed by atoms with Crippen LogP contribution < -0.4 is 10.5 Å². The molecule has 1 aliphatic rings. The Morgan fingerprint density at radius 1 is 1.26 bits per heavy atom. The van der Waals surface area contributed by atoms with Gasteiger partial charge in [0, 0.05) is 24.2 Å². The highest BCUT2D eigenvalue weighted by atomic mass is 32.2. The summed E-state index contributed by atoms with van der Waals surface area (Å²) in [5.41, 5.74) is 0.561. The van der Waals surface area contributed by atoms with Crippen molar-refractivity contribution in [3.63, 3.8) is 0 Å². The molecule has 7 nitrogen and oxygen atoms in total. The van der Waals surface area contributed by atoms with Gasteiger partial charge in [0.15, 0.2) is 0 Å². The number of carbonyl (C=O) groups is 2. The van der Waals surface area contributed by atoms with Crippen molar-refractivity contribution in [2.45, 2.75) is 17.7 Å². The van der Waals surface area contributed by atoms with E-state index in [0.717, 1.165) is 6.42 Å². The minimum Gasteiger partial charge on any atom is -0.338 e. The van der Waals surface area contributed by atoms with Gasteiger partial charge in [-0.2, -0.15) is 0 Å². The third kappa shape index (κ3) is 4.17. The standard InChI is InChI=1S/C19H21N3O4S/c1-2-18(23)22-10-4-6-14(12-22)19(24)21-15-8-9-16-13(11-15)5-3-7-17(16)27(20,25)26/h2-3,5,7-9,11,14H,1,4,6,10,12H2,(H,21,24)(H2,20,25,26). The van der Waals surface area contributed by atoms with Crippen LogP contribution in [0.15, 0.2) is 53.9 Å². The zero-order valence-electron chi connectivity index (χ0n) is 14.7. The number of nitrogens with two attached hydrogens (primary N) is 1. The molecule has 142 valence electrons. The number of nitrogens with zero attached hydrogens (tertiary/aromatic N) is 1. The Bertz CT molecular complexity index is 1020. The zero-order chi connectivity index (χ0) is 19.6. The number of rotatable bonds is 4. The fraction of sp³-hybridized carbons (Fsp3) is 0.263. The number of piperidine rings is 1. The summed E-state index contributed by atoms with van der Waals surface area (Å²) in [5.74, 6) is -0.638. The largest absolute Gasteiger partial charge is 0.338 e. The molecule has 0 bridgehead atoms. The SMILES string of the molecule is C=CC(=O)N1CCCC(C(=O)Nc2ccc3c(S(N)(=O)=O)cccc3c2)C1. The molecule has 1 atom stereocenters. The average Bonchev–Trinajstić information content (AvgIpc) is 2.66. The quantitative estimate of drug-likeness (QED) is 0.780. The van der Waals surface area contributed by atoms with Crippen molar-refractivity contribution < 1.29 is 18.0 Å². The number of sulfonamides is 1. The highest BCUT2D eigenvalue weighted by Gasteiger charge is 2.27. The van der Waals surface area contributed by atoms with Crippen LogP contribution >= 0.6 is 0 Å². The highest BCUT2D eigenvalue weighted by molar-refractivity contribution is 7.89. The van der Waals surface area contributed by atoms with E-state index in [0.29, 0.717) is 36.0 Å². The van der Waals surface area contributed by atoms with Gasteiger partial charge in [0.25, 0.3) is 0 Å². The van der Waals surface area contributed by atoms with Gasteiger partial charge in [0.2, 0.25) is 21.8 Å². The molecule has 1 unspecified atom stereocenters. The third-order valence-corrected chi connectivity index (χ3v) is 5.66. The first-order chi connectivity index (χ1) is 12.8. The Hall–Kier alpha value is -2.71. The molecule has 2 aromatic carbocycles. The van der Waals surface area contributed by atoms with Gasteiger partial charge in [-0.05, 0) is 42.5 Å². The fourth-order valence-corrected chi connectivity index (χ4v) is 4.11. The van der Waals surface area contributed by atoms with Crippen molar-refractivity contribution in [2.24, 2.45) is 11.1 Å². The molecule has 1 saturated heterocycles. The van der Waals surface area contributed by atoms with Crippen molar-refractivity contribution in [2.75, 3.05) is 18.4 Å². The molecule has 1 fully saturated rings. The molecule has 8 heteroatoms. The number of nitrogens with one attached hydrogen (secondary N) is 1. The molecular formula is C19H21N3O4S. The lowest BCUT2D eigenvalue weighted by Gasteiger charge is -2.31. The van der Waals surface area contributed by atoms with E-state index in [1.807, 2.05) is 0 Å². The summed E-state index contributed by atoms with van der Waals surface area (Å²) in [5, 5.41) is 9.26. The number of hydrogen-bond acceptors (Lipinski definition) is 4. The van der Waals surface area contributed by atoms with Gasteiger partial charge in [0.1, 0.15) is 0 Å². The lowest BCUT2D eigenvalue weighted by Crippen LogP contribution is -2.43. The van der Waals surface area contributed by atoms with Crippen molar-refractivity contribution in [3.05, 3.63) is 49.1 Å². The molecule has 2 aromatic rings. The monoisotopic (exact) mass is 387 g/mol. The van der Waals surface area contributed by atoms with Crippen LogP contribution in [0, 0.1) is 5.92 Å². The van der Waals surface area contributed by atoms with Crippen LogP contribution in [0.2, 0.25) is 0 Å². The Kier molecular flexibility index (Phi) is 5.29. The van der Waals surface area contributed by atoms with Gasteiger partial charge in [-0.3, -0.25) is 9.59 Å². The first-order valence-electron chi connectivity index (χ1n) is 8.57. The number of likely N-dealkylation sites (tertiary alicyclic amines) is 1. The summed E-state index contributed by atoms with van der Waals surface area (Å²) in [7, 11) is -3.83. The maximum absolute atomic E-state index is 12.6. The normalized spacial score (nSPS) is 17.5. The summed E-state index contributed by atoms with van der Waals surface area (Å²) >= 11 is 0. The number of hydrogen-bond donors (Lipinski definition) is 2. The average molecular weight is 387 g/mol. The van der Waals surface area contributed by atoms with E-state index in [4.69, 9.17) is 5.14 Å². The molecule has 27 heavy (non-hydrogen) atoms. The minimum absolute atomic E-state index is 0.0451. The van der Waals surface area contributed by atoms with Crippen molar-refractivity contribution >= 4 is 38.3 Å². The number of primary sulfonamides is 1. The Morgan fingerprint density at radius 2 is 2.04 bits per heavy atom. The minimum atomic E-state index is -3.83. The van der Waals surface area contributed by atoms with Gasteiger partial charge in [-0.15, -0.1) is 0 Å². The second-order valence-electron chi connectivity index (χ2n) is 6.55. The van der Waals surface area contributed by atoms with Crippen LogP contribution in [0.25, 0.3) is 10.8 Å². The predicted molar refractivity (Wildman–Crippen MR) is 103 cm³/mol. The number of amides is 2. The maximum Gasteiger partial charge on any atom is 0.245 e. The third-order valence-electron chi connectivity index (χ3n) is 4.69. The molecule has 0 spiro atoms. The molecule has 3 rings (SSSR count). The van der Waals surface area contributed by atoms with E-state index in [1.165, 1.54) is 12.1 Å². The predicted octanol–water partition coefficient (Wildman–Crippen LogP) is 1.85. The zero-order valence-corrected chi connectivity index (χ0v) is 15.5. The van der Waals surface area contributed by atoms with Gasteiger partial charge < -0.3 is 10.2 Å². The van der Waals surface area contributed by atoms with E-state index >= 15 is 0 Å². The van der Waals surface area contributed by atoms with Crippen LogP contribution in [-0.4, -0.2) is 38.2 Å². The van der Waals surface area contributed by atoms with Gasteiger partial charge in [-0.25, -0.2) is 13.6 Å². The Morgan fingerprint density at radius 3 is 2.74 bits per heavy atom. The first-order valence-corrected chi connectivity index (χ1v) is 10.1. The topological polar surface area (TPSA) is 110 Å². The van der Waals surface area contributed by atoms with E-state index in [-0.39, 0.29) is 22.6 Å². The lowest BCUT2D eigenvalue weighted by atomic mass is 9.97. The van der Waals surface area contributed by atoms with Crippen LogP contribution in [0.4, 0.5) is 5.69 Å². The number of fused-ring (bicyclic) bond motifs is 1. The van der Waals surface area contributed by atoms with Gasteiger partial charge in [-0.1, -0.05) is 24.8 Å². The Balaban J connectivity index is 1.79. The summed E-state index contributed by atoms with van der Waals surface area (Å²) in [6, 6.07) is 9.78. The van der Waals surface area contributed by atoms with Crippen molar-refractivity contribution in [3.8, 4) is 0 Å². The van der Waals surface area contributed by atoms with Crippen LogP contribution in [0.5, 0.6) is 0 Å². The van der Waals surface area contributed by atoms with Crippen LogP contribution in [0.1, 0.15) is 12.8 Å². The van der Waals surface area contributed by atoms with Crippen molar-refractivity contribution in [1.82, 2.24) is 4.90 Å². The van der Waals surface area contributed by atoms with Gasteiger partial charge >= 0.3 is 0 Å². The molecule has 1 aliphatic heterocycles. The van der Waals surface area contributed by atoms with Crippen LogP contribution in [0.3, 0.4) is 0 Å². The first kappa shape index (κ1) is 19.1. The number of carbonyl (C=O) groups excluding carboxylic acids is 2. The molecule has 3 N–H and O–H groups in total. The van der Waals surface area contributed by atoms with E-state index in [2.05, 4.69) is 11.9 Å². The molecule has 2 amide bonds. The molecule has 0 radical (unpaired) electrons. The maximum atomic E-state index is 12.6. The van der Waals surface area contributed by atoms with Gasteiger partial charge in [0.05, 0.1) is 10.8 Å². The van der Waals surface area contributed by atoms with Crippen LogP contribution in [-0.2, 0) is 19.6 Å². The molecular weight excluding hydrogens is 366 g/mol. The molecule has 0 aliphatic carbocycles. The van der Waals surface area contributed by atoms with Crippen molar-refractivity contribution in [1.29, 1.82) is 0 Å². The summed E-state index contributed by atoms with van der Waals surface area (Å²) in [6.45, 7) is 4.47. The number of benzene rings is 2. The molecule has 0 saturated carbocycles. The summed E-state index contributed by atoms with van der Waals surface area (Å²) in [6.07, 6.45) is 2.72. The molecule has 1 heterocycles. The summed E-state index contributed by atoms with van der Waals surface area (Å²) < 4.78 is 23.4. The van der Waals surface area contributed by atoms with E-state index < -0.39 is 10.0 Å². The fourth-order valence-electron chi connectivity index (χ4n) is 3.34. The Labute approximate surface area is 157 Å². The number of anilines is 1. The summed E-state index contributed by atoms with van der Waals surface area (Å²) in [4.78, 5) is 26.0. The molecule has 0 aromatic heterocycles. The van der Waals surface area contributed by atoms with E-state index in [1.54, 1.807) is 35.2 Å². The lowest BCUT2D eigenvalue weighted by molar-refractivity contribution is -0.130. The second kappa shape index (κ2) is 7.50. The smallest absolute Gasteiger partial charge is 0.245 e. The van der Waals surface area contributed by atoms with E-state index in [9.17, 15) is 18.0 Å².